The fourth-order valence-electron chi connectivity index (χ4n) is 2.28. The third kappa shape index (κ3) is 1.59. The Morgan fingerprint density at radius 3 is 3.31 bits per heavy atom. The lowest BCUT2D eigenvalue weighted by Gasteiger charge is -2.10. The molecule has 1 fully saturated rings. The molecule has 2 aromatic heterocycles. The van der Waals surface area contributed by atoms with Gasteiger partial charge in [-0.2, -0.15) is 0 Å². The van der Waals surface area contributed by atoms with Gasteiger partial charge in [0.25, 0.3) is 0 Å². The first-order valence-corrected chi connectivity index (χ1v) is 5.70. The van der Waals surface area contributed by atoms with E-state index in [2.05, 4.69) is 14.5 Å². The lowest BCUT2D eigenvalue weighted by Crippen LogP contribution is -2.12. The summed E-state index contributed by atoms with van der Waals surface area (Å²) >= 11 is 0. The number of hydrogen-bond donors (Lipinski definition) is 0. The van der Waals surface area contributed by atoms with Crippen LogP contribution in [0.25, 0.3) is 11.2 Å². The summed E-state index contributed by atoms with van der Waals surface area (Å²) in [5.74, 6) is 1.65. The molecular weight excluding hydrogens is 202 g/mol. The maximum absolute atomic E-state index is 5.40. The maximum atomic E-state index is 5.40. The van der Waals surface area contributed by atoms with Gasteiger partial charge < -0.3 is 9.30 Å². The van der Waals surface area contributed by atoms with Crippen molar-refractivity contribution < 1.29 is 4.74 Å². The van der Waals surface area contributed by atoms with Crippen molar-refractivity contribution in [1.29, 1.82) is 0 Å². The lowest BCUT2D eigenvalue weighted by molar-refractivity contribution is 0.182. The standard InChI is InChI=1S/C12H15N3O/c1-9-14-11-3-2-5-13-12(11)15(9)7-10-4-6-16-8-10/h2-3,5,10H,4,6-8H2,1H3. The summed E-state index contributed by atoms with van der Waals surface area (Å²) in [6, 6.07) is 3.94. The highest BCUT2D eigenvalue weighted by molar-refractivity contribution is 5.70. The van der Waals surface area contributed by atoms with Gasteiger partial charge >= 0.3 is 0 Å². The smallest absolute Gasteiger partial charge is 0.159 e. The van der Waals surface area contributed by atoms with Crippen molar-refractivity contribution in [1.82, 2.24) is 14.5 Å². The van der Waals surface area contributed by atoms with Gasteiger partial charge in [0.05, 0.1) is 6.61 Å². The van der Waals surface area contributed by atoms with E-state index in [0.29, 0.717) is 5.92 Å². The van der Waals surface area contributed by atoms with E-state index < -0.39 is 0 Å². The van der Waals surface area contributed by atoms with Crippen molar-refractivity contribution in [3.63, 3.8) is 0 Å². The predicted octanol–water partition coefficient (Wildman–Crippen LogP) is 1.78. The van der Waals surface area contributed by atoms with Crippen LogP contribution >= 0.6 is 0 Å². The number of ether oxygens (including phenoxy) is 1. The molecule has 3 rings (SSSR count). The molecule has 3 heterocycles. The highest BCUT2D eigenvalue weighted by Gasteiger charge is 2.18. The Bertz CT molecular complexity index is 500. The molecule has 0 aromatic carbocycles. The molecule has 4 nitrogen and oxygen atoms in total. The van der Waals surface area contributed by atoms with Crippen molar-refractivity contribution in [3.05, 3.63) is 24.2 Å². The van der Waals surface area contributed by atoms with Gasteiger partial charge in [0.2, 0.25) is 0 Å². The number of aryl methyl sites for hydroxylation is 1. The van der Waals surface area contributed by atoms with Crippen molar-refractivity contribution >= 4 is 11.2 Å². The molecule has 0 spiro atoms. The summed E-state index contributed by atoms with van der Waals surface area (Å²) in [6.07, 6.45) is 2.97. The zero-order valence-corrected chi connectivity index (χ0v) is 9.39. The average molecular weight is 217 g/mol. The van der Waals surface area contributed by atoms with Crippen LogP contribution in [0.15, 0.2) is 18.3 Å². The van der Waals surface area contributed by atoms with Gasteiger partial charge in [0.1, 0.15) is 11.3 Å². The molecule has 0 saturated carbocycles. The van der Waals surface area contributed by atoms with Gasteiger partial charge in [-0.05, 0) is 25.5 Å². The summed E-state index contributed by atoms with van der Waals surface area (Å²) in [5, 5.41) is 0. The Kier molecular flexibility index (Phi) is 2.36. The Labute approximate surface area is 94.3 Å². The van der Waals surface area contributed by atoms with E-state index in [1.54, 1.807) is 0 Å². The average Bonchev–Trinajstić information content (AvgIpc) is 2.89. The van der Waals surface area contributed by atoms with Gasteiger partial charge in [-0.1, -0.05) is 0 Å². The molecule has 2 aromatic rings. The van der Waals surface area contributed by atoms with E-state index in [-0.39, 0.29) is 0 Å². The minimum absolute atomic E-state index is 0.609. The Morgan fingerprint density at radius 1 is 1.56 bits per heavy atom. The molecule has 0 aliphatic carbocycles. The number of imidazole rings is 1. The lowest BCUT2D eigenvalue weighted by atomic mass is 10.1. The van der Waals surface area contributed by atoms with Crippen LogP contribution in [0.3, 0.4) is 0 Å². The Morgan fingerprint density at radius 2 is 2.50 bits per heavy atom. The molecule has 0 amide bonds. The molecular formula is C12H15N3O. The molecule has 1 saturated heterocycles. The molecule has 1 aliphatic heterocycles. The zero-order chi connectivity index (χ0) is 11.0. The van der Waals surface area contributed by atoms with Gasteiger partial charge in [-0.15, -0.1) is 0 Å². The van der Waals surface area contributed by atoms with Gasteiger partial charge in [-0.25, -0.2) is 9.97 Å². The van der Waals surface area contributed by atoms with E-state index in [1.165, 1.54) is 0 Å². The van der Waals surface area contributed by atoms with E-state index in [1.807, 2.05) is 25.3 Å². The van der Waals surface area contributed by atoms with Crippen LogP contribution in [0.4, 0.5) is 0 Å². The van der Waals surface area contributed by atoms with E-state index >= 15 is 0 Å². The maximum Gasteiger partial charge on any atom is 0.159 e. The second-order valence-corrected chi connectivity index (χ2v) is 4.35. The molecule has 4 heteroatoms. The molecule has 0 radical (unpaired) electrons. The molecule has 0 N–H and O–H groups in total. The summed E-state index contributed by atoms with van der Waals surface area (Å²) < 4.78 is 7.61. The van der Waals surface area contributed by atoms with Crippen LogP contribution in [0.2, 0.25) is 0 Å². The Balaban J connectivity index is 1.98. The number of fused-ring (bicyclic) bond motifs is 1. The van der Waals surface area contributed by atoms with Crippen molar-refractivity contribution in [3.8, 4) is 0 Å². The van der Waals surface area contributed by atoms with Crippen LogP contribution < -0.4 is 0 Å². The number of nitrogens with zero attached hydrogens (tertiary/aromatic N) is 3. The van der Waals surface area contributed by atoms with Gasteiger partial charge in [0, 0.05) is 25.3 Å². The normalized spacial score (nSPS) is 20.7. The molecule has 16 heavy (non-hydrogen) atoms. The minimum Gasteiger partial charge on any atom is -0.381 e. The molecule has 1 atom stereocenters. The molecule has 84 valence electrons. The summed E-state index contributed by atoms with van der Waals surface area (Å²) in [6.45, 7) is 4.77. The zero-order valence-electron chi connectivity index (χ0n) is 9.39. The van der Waals surface area contributed by atoms with Crippen molar-refractivity contribution in [2.45, 2.75) is 19.9 Å². The first-order valence-electron chi connectivity index (χ1n) is 5.70. The fraction of sp³-hybridized carbons (Fsp3) is 0.500. The van der Waals surface area contributed by atoms with Crippen molar-refractivity contribution in [2.75, 3.05) is 13.2 Å². The van der Waals surface area contributed by atoms with Gasteiger partial charge in [0.15, 0.2) is 5.65 Å². The van der Waals surface area contributed by atoms with Crippen molar-refractivity contribution in [2.24, 2.45) is 5.92 Å². The van der Waals surface area contributed by atoms with Crippen LogP contribution in [-0.4, -0.2) is 27.7 Å². The minimum atomic E-state index is 0.609. The first kappa shape index (κ1) is 9.78. The summed E-state index contributed by atoms with van der Waals surface area (Å²) in [4.78, 5) is 8.92. The monoisotopic (exact) mass is 217 g/mol. The van der Waals surface area contributed by atoms with E-state index in [9.17, 15) is 0 Å². The predicted molar refractivity (Wildman–Crippen MR) is 61.2 cm³/mol. The molecule has 1 unspecified atom stereocenters. The number of hydrogen-bond acceptors (Lipinski definition) is 3. The number of aromatic nitrogens is 3. The van der Waals surface area contributed by atoms with E-state index in [4.69, 9.17) is 4.74 Å². The molecule has 0 bridgehead atoms. The highest BCUT2D eigenvalue weighted by Crippen LogP contribution is 2.19. The van der Waals surface area contributed by atoms with Crippen LogP contribution in [0.5, 0.6) is 0 Å². The first-order chi connectivity index (χ1) is 7.84. The summed E-state index contributed by atoms with van der Waals surface area (Å²) in [7, 11) is 0. The van der Waals surface area contributed by atoms with Crippen LogP contribution in [0, 0.1) is 12.8 Å². The largest absolute Gasteiger partial charge is 0.381 e. The van der Waals surface area contributed by atoms with Crippen LogP contribution in [-0.2, 0) is 11.3 Å². The number of rotatable bonds is 2. The third-order valence-corrected chi connectivity index (χ3v) is 3.16. The third-order valence-electron chi connectivity index (χ3n) is 3.16. The highest BCUT2D eigenvalue weighted by atomic mass is 16.5. The second kappa shape index (κ2) is 3.87. The second-order valence-electron chi connectivity index (χ2n) is 4.35. The van der Waals surface area contributed by atoms with Gasteiger partial charge in [-0.3, -0.25) is 0 Å². The SMILES string of the molecule is Cc1nc2cccnc2n1CC1CCOC1. The van der Waals surface area contributed by atoms with E-state index in [0.717, 1.165) is 43.2 Å². The summed E-state index contributed by atoms with van der Waals surface area (Å²) in [5.41, 5.74) is 1.98. The quantitative estimate of drug-likeness (QED) is 0.769. The van der Waals surface area contributed by atoms with Crippen LogP contribution in [0.1, 0.15) is 12.2 Å². The topological polar surface area (TPSA) is 39.9 Å². The number of pyridine rings is 1. The Hall–Kier alpha value is -1.42. The molecule has 1 aliphatic rings. The fourth-order valence-corrected chi connectivity index (χ4v) is 2.28.